The van der Waals surface area contributed by atoms with E-state index in [1.807, 2.05) is 0 Å². The molecule has 0 saturated heterocycles. The van der Waals surface area contributed by atoms with Crippen molar-refractivity contribution in [2.24, 2.45) is 0 Å². The highest BCUT2D eigenvalue weighted by molar-refractivity contribution is 9.10. The van der Waals surface area contributed by atoms with Crippen molar-refractivity contribution in [3.05, 3.63) is 99.0 Å². The van der Waals surface area contributed by atoms with Gasteiger partial charge in [-0.25, -0.2) is 4.98 Å². The molecule has 0 unspecified atom stereocenters. The molecular formula is C23H15BrN2O4. The van der Waals surface area contributed by atoms with Crippen LogP contribution in [0, 0.1) is 0 Å². The molecule has 0 fully saturated rings. The molecule has 1 aliphatic rings. The predicted octanol–water partition coefficient (Wildman–Crippen LogP) is 3.69. The third-order valence-corrected chi connectivity index (χ3v) is 5.71. The molecule has 7 heteroatoms. The van der Waals surface area contributed by atoms with Crippen molar-refractivity contribution in [1.29, 1.82) is 0 Å². The summed E-state index contributed by atoms with van der Waals surface area (Å²) in [5.74, 6) is -0.160. The van der Waals surface area contributed by atoms with Crippen molar-refractivity contribution in [3.63, 3.8) is 0 Å². The Morgan fingerprint density at radius 3 is 2.53 bits per heavy atom. The summed E-state index contributed by atoms with van der Waals surface area (Å²) in [5, 5.41) is 12.1. The van der Waals surface area contributed by atoms with Crippen LogP contribution in [0.2, 0.25) is 0 Å². The molecule has 3 aromatic carbocycles. The number of para-hydroxylation sites is 2. The highest BCUT2D eigenvalue weighted by Crippen LogP contribution is 2.42. The molecule has 0 bridgehead atoms. The Morgan fingerprint density at radius 2 is 1.73 bits per heavy atom. The molecule has 0 saturated carbocycles. The zero-order chi connectivity index (χ0) is 20.9. The molecular weight excluding hydrogens is 448 g/mol. The minimum atomic E-state index is -1.79. The first-order valence-electron chi connectivity index (χ1n) is 9.28. The van der Waals surface area contributed by atoms with Gasteiger partial charge in [0.15, 0.2) is 11.4 Å². The third kappa shape index (κ3) is 2.86. The van der Waals surface area contributed by atoms with Gasteiger partial charge in [-0.15, -0.1) is 0 Å². The summed E-state index contributed by atoms with van der Waals surface area (Å²) in [7, 11) is 0. The van der Waals surface area contributed by atoms with Crippen LogP contribution in [0.5, 0.6) is 5.75 Å². The number of benzene rings is 3. The van der Waals surface area contributed by atoms with E-state index >= 15 is 0 Å². The van der Waals surface area contributed by atoms with E-state index in [0.717, 1.165) is 4.47 Å². The van der Waals surface area contributed by atoms with E-state index in [0.29, 0.717) is 27.9 Å². The van der Waals surface area contributed by atoms with Crippen LogP contribution in [0.25, 0.3) is 16.6 Å². The van der Waals surface area contributed by atoms with Gasteiger partial charge in [-0.1, -0.05) is 46.3 Å². The summed E-state index contributed by atoms with van der Waals surface area (Å²) in [6, 6.07) is 20.7. The summed E-state index contributed by atoms with van der Waals surface area (Å²) in [6.45, 7) is 0. The molecule has 1 aliphatic heterocycles. The van der Waals surface area contributed by atoms with E-state index in [4.69, 9.17) is 4.74 Å². The van der Waals surface area contributed by atoms with Gasteiger partial charge in [-0.2, -0.15) is 0 Å². The molecule has 0 aliphatic carbocycles. The lowest BCUT2D eigenvalue weighted by atomic mass is 9.91. The fraction of sp³-hybridized carbons (Fsp3) is 0.0870. The average Bonchev–Trinajstić information content (AvgIpc) is 2.99. The maximum absolute atomic E-state index is 13.2. The molecule has 5 rings (SSSR count). The first-order chi connectivity index (χ1) is 14.5. The number of carbonyl (C=O) groups is 1. The number of rotatable bonds is 3. The molecule has 1 aromatic heterocycles. The topological polar surface area (TPSA) is 81.4 Å². The Bertz CT molecular complexity index is 1360. The van der Waals surface area contributed by atoms with E-state index in [-0.39, 0.29) is 17.8 Å². The zero-order valence-corrected chi connectivity index (χ0v) is 17.2. The molecule has 4 aromatic rings. The molecule has 148 valence electrons. The Morgan fingerprint density at radius 1 is 1.03 bits per heavy atom. The first-order valence-corrected chi connectivity index (χ1v) is 10.1. The average molecular weight is 463 g/mol. The Kier molecular flexibility index (Phi) is 4.30. The van der Waals surface area contributed by atoms with Crippen molar-refractivity contribution in [1.82, 2.24) is 9.55 Å². The lowest BCUT2D eigenvalue weighted by Crippen LogP contribution is -2.33. The number of halogens is 1. The Balaban J connectivity index is 1.62. The fourth-order valence-electron chi connectivity index (χ4n) is 3.83. The number of carbonyl (C=O) groups excluding carboxylic acids is 1. The number of nitrogens with zero attached hydrogens (tertiary/aromatic N) is 2. The van der Waals surface area contributed by atoms with Crippen molar-refractivity contribution in [3.8, 4) is 11.4 Å². The van der Waals surface area contributed by atoms with E-state index in [2.05, 4.69) is 20.9 Å². The third-order valence-electron chi connectivity index (χ3n) is 5.18. The second kappa shape index (κ2) is 6.90. The number of aromatic nitrogens is 2. The fourth-order valence-corrected chi connectivity index (χ4v) is 4.09. The minimum Gasteiger partial charge on any atom is -0.426 e. The molecule has 0 amide bonds. The van der Waals surface area contributed by atoms with Gasteiger partial charge in [0.25, 0.3) is 5.56 Å². The molecule has 0 radical (unpaired) electrons. The van der Waals surface area contributed by atoms with E-state index in [1.165, 1.54) is 4.57 Å². The first kappa shape index (κ1) is 18.7. The normalized spacial score (nSPS) is 16.9. The lowest BCUT2D eigenvalue weighted by Gasteiger charge is -2.22. The smallest absolute Gasteiger partial charge is 0.314 e. The van der Waals surface area contributed by atoms with Gasteiger partial charge in [0.1, 0.15) is 5.75 Å². The Labute approximate surface area is 179 Å². The maximum Gasteiger partial charge on any atom is 0.314 e. The summed E-state index contributed by atoms with van der Waals surface area (Å²) in [5.41, 5.74) is -0.666. The second-order valence-corrected chi connectivity index (χ2v) is 7.99. The SMILES string of the molecule is O=C(C[C@]1(O)c2ccccc2-n2c1nc1ccccc1c2=O)Oc1ccc(Br)cc1. The van der Waals surface area contributed by atoms with E-state index < -0.39 is 11.6 Å². The summed E-state index contributed by atoms with van der Waals surface area (Å²) >= 11 is 3.33. The van der Waals surface area contributed by atoms with Crippen LogP contribution < -0.4 is 10.3 Å². The molecule has 6 nitrogen and oxygen atoms in total. The van der Waals surface area contributed by atoms with Gasteiger partial charge >= 0.3 is 5.97 Å². The predicted molar refractivity (Wildman–Crippen MR) is 115 cm³/mol. The van der Waals surface area contributed by atoms with Gasteiger partial charge in [-0.3, -0.25) is 14.2 Å². The monoisotopic (exact) mass is 462 g/mol. The molecule has 30 heavy (non-hydrogen) atoms. The Hall–Kier alpha value is -3.29. The number of aliphatic hydroxyl groups is 1. The summed E-state index contributed by atoms with van der Waals surface area (Å²) < 4.78 is 7.65. The van der Waals surface area contributed by atoms with Gasteiger partial charge in [0, 0.05) is 10.0 Å². The quantitative estimate of drug-likeness (QED) is 0.370. The summed E-state index contributed by atoms with van der Waals surface area (Å²) in [4.78, 5) is 30.4. The van der Waals surface area contributed by atoms with Crippen molar-refractivity contribution in [2.75, 3.05) is 0 Å². The van der Waals surface area contributed by atoms with Crippen LogP contribution in [0.4, 0.5) is 0 Å². The van der Waals surface area contributed by atoms with Crippen LogP contribution in [0.3, 0.4) is 0 Å². The number of esters is 1. The van der Waals surface area contributed by atoms with Gasteiger partial charge < -0.3 is 9.84 Å². The molecule has 2 heterocycles. The van der Waals surface area contributed by atoms with E-state index in [9.17, 15) is 14.7 Å². The van der Waals surface area contributed by atoms with E-state index in [1.54, 1.807) is 72.8 Å². The standard InChI is InChI=1S/C23H15BrN2O4/c24-14-9-11-15(12-10-14)30-20(27)13-23(29)17-6-2-4-8-19(17)26-21(28)16-5-1-3-7-18(16)25-22(23)26/h1-12,29H,13H2/t23-/m0/s1. The van der Waals surface area contributed by atoms with Crippen LogP contribution in [0.1, 0.15) is 17.8 Å². The zero-order valence-electron chi connectivity index (χ0n) is 15.6. The van der Waals surface area contributed by atoms with Gasteiger partial charge in [0.05, 0.1) is 23.0 Å². The van der Waals surface area contributed by atoms with Crippen molar-refractivity contribution in [2.45, 2.75) is 12.0 Å². The second-order valence-electron chi connectivity index (χ2n) is 7.08. The molecule has 0 spiro atoms. The highest BCUT2D eigenvalue weighted by Gasteiger charge is 2.46. The van der Waals surface area contributed by atoms with Crippen LogP contribution in [-0.4, -0.2) is 20.6 Å². The van der Waals surface area contributed by atoms with Crippen LogP contribution in [-0.2, 0) is 10.4 Å². The molecule has 1 atom stereocenters. The number of fused-ring (bicyclic) bond motifs is 4. The van der Waals surface area contributed by atoms with Crippen LogP contribution in [0.15, 0.2) is 82.1 Å². The van der Waals surface area contributed by atoms with Gasteiger partial charge in [-0.05, 0) is 42.5 Å². The van der Waals surface area contributed by atoms with Gasteiger partial charge in [0.2, 0.25) is 0 Å². The minimum absolute atomic E-state index is 0.111. The van der Waals surface area contributed by atoms with Crippen molar-refractivity contribution >= 4 is 32.8 Å². The molecule has 1 N–H and O–H groups in total. The summed E-state index contributed by atoms with van der Waals surface area (Å²) in [6.07, 6.45) is -0.384. The highest BCUT2D eigenvalue weighted by atomic mass is 79.9. The van der Waals surface area contributed by atoms with Crippen molar-refractivity contribution < 1.29 is 14.6 Å². The maximum atomic E-state index is 13.2. The largest absolute Gasteiger partial charge is 0.426 e. The number of hydrogen-bond acceptors (Lipinski definition) is 5. The number of ether oxygens (including phenoxy) is 1. The van der Waals surface area contributed by atoms with Crippen LogP contribution >= 0.6 is 15.9 Å². The lowest BCUT2D eigenvalue weighted by molar-refractivity contribution is -0.138. The number of hydrogen-bond donors (Lipinski definition) is 1.